The largest absolute Gasteiger partial charge is 0.362 e. The molecule has 0 spiro atoms. The van der Waals surface area contributed by atoms with Crippen LogP contribution in [0.4, 0.5) is 0 Å². The third-order valence-electron chi connectivity index (χ3n) is 3.63. The van der Waals surface area contributed by atoms with Crippen molar-refractivity contribution in [2.45, 2.75) is 32.2 Å². The van der Waals surface area contributed by atoms with Crippen LogP contribution in [0.15, 0.2) is 60.7 Å². The lowest BCUT2D eigenvalue weighted by atomic mass is 10.1. The Morgan fingerprint density at radius 3 is 2.05 bits per heavy atom. The summed E-state index contributed by atoms with van der Waals surface area (Å²) in [6.45, 7) is 3.04. The van der Waals surface area contributed by atoms with Gasteiger partial charge in [0.25, 0.3) is 0 Å². The third kappa shape index (κ3) is 6.27. The second-order valence-corrected chi connectivity index (χ2v) is 5.97. The van der Waals surface area contributed by atoms with Crippen molar-refractivity contribution in [3.05, 3.63) is 71.8 Å². The second kappa shape index (κ2) is 9.21. The number of aryl methyl sites for hydroxylation is 1. The van der Waals surface area contributed by atoms with E-state index in [1.807, 2.05) is 6.07 Å². The van der Waals surface area contributed by atoms with Crippen LogP contribution in [0.3, 0.4) is 0 Å². The number of benzene rings is 2. The van der Waals surface area contributed by atoms with Gasteiger partial charge in [0.05, 0.1) is 0 Å². The fourth-order valence-electron chi connectivity index (χ4n) is 2.34. The van der Waals surface area contributed by atoms with E-state index in [0.29, 0.717) is 6.04 Å². The Hall–Kier alpha value is -1.87. The monoisotopic (exact) mass is 312 g/mol. The zero-order valence-electron chi connectivity index (χ0n) is 13.1. The summed E-state index contributed by atoms with van der Waals surface area (Å²) in [5.41, 5.74) is 2.70. The van der Waals surface area contributed by atoms with E-state index in [9.17, 15) is 0 Å². The van der Waals surface area contributed by atoms with Gasteiger partial charge < -0.3 is 10.6 Å². The van der Waals surface area contributed by atoms with E-state index in [1.165, 1.54) is 11.1 Å². The van der Waals surface area contributed by atoms with Crippen molar-refractivity contribution in [3.8, 4) is 0 Å². The summed E-state index contributed by atoms with van der Waals surface area (Å²) in [5.74, 6) is 0. The molecule has 0 bridgehead atoms. The molecule has 0 fully saturated rings. The first-order chi connectivity index (χ1) is 10.7. The summed E-state index contributed by atoms with van der Waals surface area (Å²) < 4.78 is 0. The van der Waals surface area contributed by atoms with Gasteiger partial charge >= 0.3 is 0 Å². The Morgan fingerprint density at radius 2 is 1.45 bits per heavy atom. The van der Waals surface area contributed by atoms with Gasteiger partial charge in [-0.2, -0.15) is 0 Å². The summed E-state index contributed by atoms with van der Waals surface area (Å²) in [6, 6.07) is 21.4. The quantitative estimate of drug-likeness (QED) is 0.762. The molecule has 0 heterocycles. The topological polar surface area (TPSA) is 24.1 Å². The minimum atomic E-state index is 0.372. The van der Waals surface area contributed by atoms with Crippen LogP contribution in [0.5, 0.6) is 0 Å². The van der Waals surface area contributed by atoms with Gasteiger partial charge in [-0.05, 0) is 49.5 Å². The molecule has 22 heavy (non-hydrogen) atoms. The molecule has 1 unspecified atom stereocenters. The highest BCUT2D eigenvalue weighted by atomic mass is 32.1. The smallest absolute Gasteiger partial charge is 0.166 e. The summed E-state index contributed by atoms with van der Waals surface area (Å²) >= 11 is 5.35. The van der Waals surface area contributed by atoms with Gasteiger partial charge in [0.1, 0.15) is 0 Å². The molecule has 0 aliphatic carbocycles. The lowest BCUT2D eigenvalue weighted by Crippen LogP contribution is -2.41. The maximum atomic E-state index is 5.35. The fraction of sp³-hybridized carbons (Fsp3) is 0.316. The number of hydrogen-bond acceptors (Lipinski definition) is 1. The van der Waals surface area contributed by atoms with Crippen LogP contribution >= 0.6 is 12.2 Å². The van der Waals surface area contributed by atoms with Crippen LogP contribution in [-0.4, -0.2) is 17.7 Å². The zero-order valence-corrected chi connectivity index (χ0v) is 13.9. The Bertz CT molecular complexity index is 554. The SMILES string of the molecule is CC(CCc1ccccc1)NC(=S)NCCc1ccccc1. The van der Waals surface area contributed by atoms with Crippen LogP contribution < -0.4 is 10.6 Å². The van der Waals surface area contributed by atoms with Crippen LogP contribution in [-0.2, 0) is 12.8 Å². The van der Waals surface area contributed by atoms with Crippen molar-refractivity contribution in [2.24, 2.45) is 0 Å². The fourth-order valence-corrected chi connectivity index (χ4v) is 2.64. The van der Waals surface area contributed by atoms with Gasteiger partial charge in [-0.25, -0.2) is 0 Å². The molecular formula is C19H24N2S. The normalized spacial score (nSPS) is 11.7. The average Bonchev–Trinajstić information content (AvgIpc) is 2.55. The molecule has 2 aromatic carbocycles. The maximum absolute atomic E-state index is 5.35. The Morgan fingerprint density at radius 1 is 0.909 bits per heavy atom. The van der Waals surface area contributed by atoms with E-state index < -0.39 is 0 Å². The minimum absolute atomic E-state index is 0.372. The lowest BCUT2D eigenvalue weighted by Gasteiger charge is -2.17. The first-order valence-electron chi connectivity index (χ1n) is 7.86. The van der Waals surface area contributed by atoms with Crippen molar-refractivity contribution in [2.75, 3.05) is 6.54 Å². The molecule has 2 aromatic rings. The van der Waals surface area contributed by atoms with E-state index in [-0.39, 0.29) is 0 Å². The van der Waals surface area contributed by atoms with E-state index in [1.54, 1.807) is 0 Å². The summed E-state index contributed by atoms with van der Waals surface area (Å²) in [6.07, 6.45) is 3.13. The molecule has 0 aliphatic rings. The first-order valence-corrected chi connectivity index (χ1v) is 8.27. The molecule has 3 heteroatoms. The second-order valence-electron chi connectivity index (χ2n) is 5.56. The van der Waals surface area contributed by atoms with Gasteiger partial charge in [0.2, 0.25) is 0 Å². The maximum Gasteiger partial charge on any atom is 0.166 e. The standard InChI is InChI=1S/C19H24N2S/c1-16(12-13-17-8-4-2-5-9-17)21-19(22)20-15-14-18-10-6-3-7-11-18/h2-11,16H,12-15H2,1H3,(H2,20,21,22). The van der Waals surface area contributed by atoms with Gasteiger partial charge in [-0.3, -0.25) is 0 Å². The number of rotatable bonds is 7. The molecule has 2 N–H and O–H groups in total. The molecule has 0 aliphatic heterocycles. The molecule has 0 saturated carbocycles. The lowest BCUT2D eigenvalue weighted by molar-refractivity contribution is 0.599. The molecule has 2 rings (SSSR count). The van der Waals surface area contributed by atoms with Crippen LogP contribution in [0.2, 0.25) is 0 Å². The van der Waals surface area contributed by atoms with Crippen molar-refractivity contribution in [1.29, 1.82) is 0 Å². The van der Waals surface area contributed by atoms with Crippen molar-refractivity contribution in [3.63, 3.8) is 0 Å². The molecule has 2 nitrogen and oxygen atoms in total. The van der Waals surface area contributed by atoms with Crippen LogP contribution in [0.1, 0.15) is 24.5 Å². The number of thiocarbonyl (C=S) groups is 1. The van der Waals surface area contributed by atoms with Crippen molar-refractivity contribution in [1.82, 2.24) is 10.6 Å². The van der Waals surface area contributed by atoms with Gasteiger partial charge in [-0.15, -0.1) is 0 Å². The Balaban J connectivity index is 1.62. The highest BCUT2D eigenvalue weighted by Crippen LogP contribution is 2.04. The predicted octanol–water partition coefficient (Wildman–Crippen LogP) is 3.71. The highest BCUT2D eigenvalue weighted by Gasteiger charge is 2.04. The first kappa shape index (κ1) is 16.5. The summed E-state index contributed by atoms with van der Waals surface area (Å²) in [5, 5.41) is 7.38. The van der Waals surface area contributed by atoms with E-state index >= 15 is 0 Å². The molecule has 0 amide bonds. The van der Waals surface area contributed by atoms with Crippen molar-refractivity contribution >= 4 is 17.3 Å². The average molecular weight is 312 g/mol. The Kier molecular flexibility index (Phi) is 6.91. The molecule has 1 atom stereocenters. The van der Waals surface area contributed by atoms with Crippen molar-refractivity contribution < 1.29 is 0 Å². The zero-order chi connectivity index (χ0) is 15.6. The highest BCUT2D eigenvalue weighted by molar-refractivity contribution is 7.80. The molecule has 116 valence electrons. The molecular weight excluding hydrogens is 288 g/mol. The minimum Gasteiger partial charge on any atom is -0.362 e. The molecule has 0 saturated heterocycles. The van der Waals surface area contributed by atoms with E-state index in [4.69, 9.17) is 12.2 Å². The number of hydrogen-bond donors (Lipinski definition) is 2. The summed E-state index contributed by atoms with van der Waals surface area (Å²) in [7, 11) is 0. The molecule has 0 aromatic heterocycles. The third-order valence-corrected chi connectivity index (χ3v) is 3.89. The van der Waals surface area contributed by atoms with E-state index in [0.717, 1.165) is 30.9 Å². The van der Waals surface area contributed by atoms with Gasteiger partial charge in [0, 0.05) is 12.6 Å². The van der Waals surface area contributed by atoms with Gasteiger partial charge in [-0.1, -0.05) is 60.7 Å². The van der Waals surface area contributed by atoms with Crippen LogP contribution in [0.25, 0.3) is 0 Å². The molecule has 0 radical (unpaired) electrons. The number of nitrogens with one attached hydrogen (secondary N) is 2. The van der Waals surface area contributed by atoms with Crippen LogP contribution in [0, 0.1) is 0 Å². The van der Waals surface area contributed by atoms with E-state index in [2.05, 4.69) is 72.2 Å². The predicted molar refractivity (Wildman–Crippen MR) is 98.1 cm³/mol. The summed E-state index contributed by atoms with van der Waals surface area (Å²) in [4.78, 5) is 0. The Labute approximate surface area is 139 Å². The van der Waals surface area contributed by atoms with Gasteiger partial charge in [0.15, 0.2) is 5.11 Å².